The minimum atomic E-state index is -0.965. The summed E-state index contributed by atoms with van der Waals surface area (Å²) in [5.41, 5.74) is 0.561. The fourth-order valence-corrected chi connectivity index (χ4v) is 1.49. The third-order valence-corrected chi connectivity index (χ3v) is 2.79. The van der Waals surface area contributed by atoms with Gasteiger partial charge < -0.3 is 15.2 Å². The lowest BCUT2D eigenvalue weighted by molar-refractivity contribution is -0.142. The van der Waals surface area contributed by atoms with Gasteiger partial charge in [0.1, 0.15) is 11.8 Å². The van der Waals surface area contributed by atoms with Crippen molar-refractivity contribution in [1.29, 1.82) is 0 Å². The van der Waals surface area contributed by atoms with Crippen molar-refractivity contribution in [3.05, 3.63) is 24.3 Å². The molecule has 1 amide bonds. The molecule has 0 radical (unpaired) electrons. The van der Waals surface area contributed by atoms with E-state index < -0.39 is 12.0 Å². The van der Waals surface area contributed by atoms with E-state index in [1.54, 1.807) is 31.3 Å². The number of nitrogens with zero attached hydrogens (tertiary/aromatic N) is 1. The van der Waals surface area contributed by atoms with Gasteiger partial charge in [-0.15, -0.1) is 0 Å². The molecule has 6 nitrogen and oxygen atoms in total. The van der Waals surface area contributed by atoms with Crippen molar-refractivity contribution in [2.45, 2.75) is 13.0 Å². The van der Waals surface area contributed by atoms with Crippen molar-refractivity contribution in [2.75, 3.05) is 26.0 Å². The molecule has 0 saturated carbocycles. The number of benzene rings is 1. The normalized spacial score (nSPS) is 12.0. The lowest BCUT2D eigenvalue weighted by Crippen LogP contribution is -2.40. The van der Waals surface area contributed by atoms with E-state index in [1.807, 2.05) is 0 Å². The zero-order valence-electron chi connectivity index (χ0n) is 11.2. The van der Waals surface area contributed by atoms with E-state index in [2.05, 4.69) is 5.32 Å². The Kier molecular flexibility index (Phi) is 5.32. The maximum atomic E-state index is 11.8. The highest BCUT2D eigenvalue weighted by atomic mass is 16.5. The Hall–Kier alpha value is -2.08. The Labute approximate surface area is 112 Å². The number of anilines is 1. The number of para-hydroxylation sites is 2. The van der Waals surface area contributed by atoms with Crippen LogP contribution in [0.1, 0.15) is 6.92 Å². The fourth-order valence-electron chi connectivity index (χ4n) is 1.49. The van der Waals surface area contributed by atoms with Crippen LogP contribution in [-0.4, -0.2) is 48.6 Å². The highest BCUT2D eigenvalue weighted by Crippen LogP contribution is 2.22. The quantitative estimate of drug-likeness (QED) is 0.804. The molecule has 1 atom stereocenters. The van der Waals surface area contributed by atoms with Gasteiger partial charge in [-0.25, -0.2) is 0 Å². The first-order chi connectivity index (χ1) is 8.95. The summed E-state index contributed by atoms with van der Waals surface area (Å²) in [5, 5.41) is 11.5. The molecular formula is C13H18N2O4. The molecule has 104 valence electrons. The molecule has 1 unspecified atom stereocenters. The lowest BCUT2D eigenvalue weighted by atomic mass is 10.2. The third kappa shape index (κ3) is 4.26. The summed E-state index contributed by atoms with van der Waals surface area (Å²) in [5.74, 6) is -0.697. The number of carboxylic acid groups (broad SMARTS) is 1. The van der Waals surface area contributed by atoms with Gasteiger partial charge in [-0.2, -0.15) is 0 Å². The van der Waals surface area contributed by atoms with Crippen molar-refractivity contribution in [1.82, 2.24) is 4.90 Å². The first-order valence-electron chi connectivity index (χ1n) is 5.81. The number of hydrogen-bond acceptors (Lipinski definition) is 4. The molecule has 1 aromatic rings. The van der Waals surface area contributed by atoms with E-state index in [0.29, 0.717) is 11.4 Å². The number of ether oxygens (including phenoxy) is 1. The summed E-state index contributed by atoms with van der Waals surface area (Å²) in [6.45, 7) is 1.52. The molecule has 2 N–H and O–H groups in total. The van der Waals surface area contributed by atoms with E-state index in [0.717, 1.165) is 0 Å². The molecule has 0 aliphatic carbocycles. The van der Waals surface area contributed by atoms with Crippen molar-refractivity contribution in [2.24, 2.45) is 0 Å². The van der Waals surface area contributed by atoms with Gasteiger partial charge in [-0.05, 0) is 26.1 Å². The van der Waals surface area contributed by atoms with Gasteiger partial charge in [0.05, 0.1) is 19.3 Å². The molecule has 0 aromatic heterocycles. The fraction of sp³-hybridized carbons (Fsp3) is 0.385. The summed E-state index contributed by atoms with van der Waals surface area (Å²) in [6.07, 6.45) is 0. The first kappa shape index (κ1) is 15.0. The van der Waals surface area contributed by atoms with Crippen LogP contribution in [0.25, 0.3) is 0 Å². The predicted molar refractivity (Wildman–Crippen MR) is 71.4 cm³/mol. The van der Waals surface area contributed by atoms with Crippen LogP contribution in [0.2, 0.25) is 0 Å². The summed E-state index contributed by atoms with van der Waals surface area (Å²) < 4.78 is 5.11. The van der Waals surface area contributed by atoms with E-state index in [9.17, 15) is 9.59 Å². The van der Waals surface area contributed by atoms with E-state index in [1.165, 1.54) is 18.9 Å². The number of hydrogen-bond donors (Lipinski definition) is 2. The number of carbonyl (C=O) groups is 2. The second-order valence-electron chi connectivity index (χ2n) is 4.18. The second kappa shape index (κ2) is 6.75. The summed E-state index contributed by atoms with van der Waals surface area (Å²) in [7, 11) is 3.10. The van der Waals surface area contributed by atoms with Crippen molar-refractivity contribution >= 4 is 17.6 Å². The zero-order valence-corrected chi connectivity index (χ0v) is 11.2. The number of rotatable bonds is 6. The Balaban J connectivity index is 2.63. The average Bonchev–Trinajstić information content (AvgIpc) is 2.38. The highest BCUT2D eigenvalue weighted by molar-refractivity contribution is 5.94. The molecule has 0 heterocycles. The Morgan fingerprint density at radius 1 is 1.42 bits per heavy atom. The van der Waals surface area contributed by atoms with Gasteiger partial charge in [0.15, 0.2) is 0 Å². The molecule has 0 fully saturated rings. The van der Waals surface area contributed by atoms with Crippen molar-refractivity contribution in [3.63, 3.8) is 0 Å². The van der Waals surface area contributed by atoms with Crippen LogP contribution in [-0.2, 0) is 9.59 Å². The van der Waals surface area contributed by atoms with Crippen LogP contribution in [0.5, 0.6) is 5.75 Å². The molecule has 19 heavy (non-hydrogen) atoms. The number of aliphatic carboxylic acids is 1. The third-order valence-electron chi connectivity index (χ3n) is 2.79. The predicted octanol–water partition coefficient (Wildman–Crippen LogP) is 1.04. The second-order valence-corrected chi connectivity index (χ2v) is 4.18. The number of methoxy groups -OCH3 is 1. The van der Waals surface area contributed by atoms with Crippen LogP contribution in [0.4, 0.5) is 5.69 Å². The van der Waals surface area contributed by atoms with Gasteiger partial charge in [0, 0.05) is 0 Å². The van der Waals surface area contributed by atoms with Gasteiger partial charge in [0.2, 0.25) is 5.91 Å². The molecule has 1 rings (SSSR count). The first-order valence-corrected chi connectivity index (χ1v) is 5.81. The smallest absolute Gasteiger partial charge is 0.320 e. The number of carbonyl (C=O) groups excluding carboxylic acids is 1. The van der Waals surface area contributed by atoms with Crippen LogP contribution in [0, 0.1) is 0 Å². The summed E-state index contributed by atoms with van der Waals surface area (Å²) in [4.78, 5) is 24.1. The number of carboxylic acids is 1. The minimum absolute atomic E-state index is 0.00842. The topological polar surface area (TPSA) is 78.9 Å². The molecule has 1 aromatic carbocycles. The Morgan fingerprint density at radius 3 is 2.63 bits per heavy atom. The number of nitrogens with one attached hydrogen (secondary N) is 1. The molecule has 0 spiro atoms. The van der Waals surface area contributed by atoms with Crippen molar-refractivity contribution < 1.29 is 19.4 Å². The highest BCUT2D eigenvalue weighted by Gasteiger charge is 2.19. The van der Waals surface area contributed by atoms with Crippen LogP contribution >= 0.6 is 0 Å². The molecule has 0 aliphatic rings. The largest absolute Gasteiger partial charge is 0.495 e. The van der Waals surface area contributed by atoms with Gasteiger partial charge in [0.25, 0.3) is 0 Å². The monoisotopic (exact) mass is 266 g/mol. The molecule has 0 aliphatic heterocycles. The van der Waals surface area contributed by atoms with E-state index >= 15 is 0 Å². The molecular weight excluding hydrogens is 248 g/mol. The van der Waals surface area contributed by atoms with Gasteiger partial charge in [-0.3, -0.25) is 14.5 Å². The number of likely N-dealkylation sites (N-methyl/N-ethyl adjacent to an activating group) is 1. The summed E-state index contributed by atoms with van der Waals surface area (Å²) >= 11 is 0. The Morgan fingerprint density at radius 2 is 2.05 bits per heavy atom. The maximum Gasteiger partial charge on any atom is 0.320 e. The van der Waals surface area contributed by atoms with Crippen LogP contribution in [0.3, 0.4) is 0 Å². The Bertz CT molecular complexity index is 462. The zero-order chi connectivity index (χ0) is 14.4. The van der Waals surface area contributed by atoms with Gasteiger partial charge >= 0.3 is 5.97 Å². The van der Waals surface area contributed by atoms with Crippen molar-refractivity contribution in [3.8, 4) is 5.75 Å². The van der Waals surface area contributed by atoms with Crippen LogP contribution < -0.4 is 10.1 Å². The SMILES string of the molecule is COc1ccccc1NC(=O)CN(C)C(C)C(=O)O. The van der Waals surface area contributed by atoms with Crippen LogP contribution in [0.15, 0.2) is 24.3 Å². The van der Waals surface area contributed by atoms with E-state index in [-0.39, 0.29) is 12.5 Å². The average molecular weight is 266 g/mol. The molecule has 0 bridgehead atoms. The van der Waals surface area contributed by atoms with Gasteiger partial charge in [-0.1, -0.05) is 12.1 Å². The maximum absolute atomic E-state index is 11.8. The van der Waals surface area contributed by atoms with E-state index in [4.69, 9.17) is 9.84 Å². The lowest BCUT2D eigenvalue weighted by Gasteiger charge is -2.20. The molecule has 6 heteroatoms. The standard InChI is InChI=1S/C13H18N2O4/c1-9(13(17)18)15(2)8-12(16)14-10-6-4-5-7-11(10)19-3/h4-7,9H,8H2,1-3H3,(H,14,16)(H,17,18). The molecule has 0 saturated heterocycles. The number of amides is 1. The summed E-state index contributed by atoms with van der Waals surface area (Å²) in [6, 6.07) is 6.31. The minimum Gasteiger partial charge on any atom is -0.495 e.